The summed E-state index contributed by atoms with van der Waals surface area (Å²) in [5.74, 6) is 1.54. The number of hydrogen-bond donors (Lipinski definition) is 3. The summed E-state index contributed by atoms with van der Waals surface area (Å²) in [4.78, 5) is 0. The van der Waals surface area contributed by atoms with E-state index in [4.69, 9.17) is 14.2 Å². The van der Waals surface area contributed by atoms with Gasteiger partial charge in [-0.2, -0.15) is 0 Å². The second-order valence-corrected chi connectivity index (χ2v) is 8.57. The fourth-order valence-electron chi connectivity index (χ4n) is 4.62. The van der Waals surface area contributed by atoms with Gasteiger partial charge >= 0.3 is 0 Å². The molecule has 160 valence electrons. The second-order valence-electron chi connectivity index (χ2n) is 8.57. The third kappa shape index (κ3) is 3.38. The Morgan fingerprint density at radius 3 is 2.40 bits per heavy atom. The van der Waals surface area contributed by atoms with E-state index in [1.165, 1.54) is 5.56 Å². The first-order valence-corrected chi connectivity index (χ1v) is 10.7. The minimum Gasteiger partial charge on any atom is -0.486 e. The molecule has 1 aliphatic carbocycles. The Hall–Kier alpha value is -2.12. The van der Waals surface area contributed by atoms with Crippen molar-refractivity contribution in [2.24, 2.45) is 0 Å². The highest BCUT2D eigenvalue weighted by Crippen LogP contribution is 2.51. The van der Waals surface area contributed by atoms with Crippen LogP contribution in [-0.2, 0) is 17.6 Å². The molecule has 1 saturated carbocycles. The maximum absolute atomic E-state index is 10.6. The topological polar surface area (TPSA) is 88.4 Å². The summed E-state index contributed by atoms with van der Waals surface area (Å²) in [7, 11) is 0. The van der Waals surface area contributed by atoms with E-state index >= 15 is 0 Å². The average molecular weight is 412 g/mol. The van der Waals surface area contributed by atoms with Gasteiger partial charge in [0.05, 0.1) is 5.60 Å². The van der Waals surface area contributed by atoms with Gasteiger partial charge in [-0.1, -0.05) is 31.2 Å². The van der Waals surface area contributed by atoms with Crippen LogP contribution in [0.15, 0.2) is 36.4 Å². The van der Waals surface area contributed by atoms with Crippen molar-refractivity contribution in [2.75, 3.05) is 13.2 Å². The number of rotatable bonds is 4. The van der Waals surface area contributed by atoms with Gasteiger partial charge in [0.1, 0.15) is 37.6 Å². The molecular formula is C24H28O6. The molecule has 4 atom stereocenters. The Kier molecular flexibility index (Phi) is 4.98. The van der Waals surface area contributed by atoms with Crippen molar-refractivity contribution in [1.82, 2.24) is 0 Å². The Morgan fingerprint density at radius 1 is 0.900 bits per heavy atom. The molecule has 2 aliphatic heterocycles. The van der Waals surface area contributed by atoms with Crippen molar-refractivity contribution in [3.63, 3.8) is 0 Å². The van der Waals surface area contributed by atoms with Gasteiger partial charge in [0.2, 0.25) is 0 Å². The molecule has 0 radical (unpaired) electrons. The summed E-state index contributed by atoms with van der Waals surface area (Å²) in [6.45, 7) is 3.24. The van der Waals surface area contributed by atoms with Crippen LogP contribution in [0.2, 0.25) is 0 Å². The predicted octanol–water partition coefficient (Wildman–Crippen LogP) is 2.30. The monoisotopic (exact) mass is 412 g/mol. The van der Waals surface area contributed by atoms with Crippen molar-refractivity contribution in [3.05, 3.63) is 58.7 Å². The third-order valence-electron chi connectivity index (χ3n) is 6.57. The van der Waals surface area contributed by atoms with Gasteiger partial charge in [0.25, 0.3) is 0 Å². The van der Waals surface area contributed by atoms with Gasteiger partial charge in [-0.3, -0.25) is 0 Å². The molecule has 0 unspecified atom stereocenters. The predicted molar refractivity (Wildman–Crippen MR) is 110 cm³/mol. The van der Waals surface area contributed by atoms with E-state index in [1.54, 1.807) is 0 Å². The Balaban J connectivity index is 1.44. The first-order chi connectivity index (χ1) is 14.5. The van der Waals surface area contributed by atoms with Crippen LogP contribution in [0.5, 0.6) is 11.5 Å². The molecule has 6 heteroatoms. The summed E-state index contributed by atoms with van der Waals surface area (Å²) in [5, 5.41) is 31.2. The maximum Gasteiger partial charge on any atom is 0.161 e. The highest BCUT2D eigenvalue weighted by Gasteiger charge is 2.60. The Morgan fingerprint density at radius 2 is 1.67 bits per heavy atom. The zero-order valence-electron chi connectivity index (χ0n) is 17.1. The van der Waals surface area contributed by atoms with Crippen molar-refractivity contribution in [1.29, 1.82) is 0 Å². The lowest BCUT2D eigenvalue weighted by molar-refractivity contribution is -0.236. The van der Waals surface area contributed by atoms with Crippen LogP contribution in [0.3, 0.4) is 0 Å². The zero-order valence-corrected chi connectivity index (χ0v) is 17.1. The first-order valence-electron chi connectivity index (χ1n) is 10.7. The minimum atomic E-state index is -1.21. The smallest absolute Gasteiger partial charge is 0.161 e. The lowest BCUT2D eigenvalue weighted by Gasteiger charge is -2.41. The van der Waals surface area contributed by atoms with Crippen molar-refractivity contribution >= 4 is 0 Å². The second kappa shape index (κ2) is 7.54. The highest BCUT2D eigenvalue weighted by molar-refractivity contribution is 5.46. The molecule has 2 fully saturated rings. The van der Waals surface area contributed by atoms with Gasteiger partial charge < -0.3 is 29.5 Å². The number of ether oxygens (including phenoxy) is 3. The quantitative estimate of drug-likeness (QED) is 0.714. The standard InChI is InChI=1S/C24H28O6/c1-2-15-4-5-16(22-20(25)21(26)23(27)24(30-22)7-8-24)13-17(15)11-14-3-6-18-19(12-14)29-10-9-28-18/h3-6,12-13,20-23,25-27H,2,7-11H2,1H3/t20-,21-,22+,23+/m1/s1. The number of aliphatic hydroxyl groups is 3. The molecule has 3 aliphatic rings. The maximum atomic E-state index is 10.6. The van der Waals surface area contributed by atoms with E-state index in [0.29, 0.717) is 32.5 Å². The molecular weight excluding hydrogens is 384 g/mol. The third-order valence-corrected chi connectivity index (χ3v) is 6.57. The van der Waals surface area contributed by atoms with Gasteiger partial charge in [-0.25, -0.2) is 0 Å². The van der Waals surface area contributed by atoms with E-state index in [1.807, 2.05) is 24.3 Å². The van der Waals surface area contributed by atoms with Crippen molar-refractivity contribution < 1.29 is 29.5 Å². The van der Waals surface area contributed by atoms with Crippen LogP contribution in [-0.4, -0.2) is 52.4 Å². The molecule has 0 bridgehead atoms. The fourth-order valence-corrected chi connectivity index (χ4v) is 4.62. The lowest BCUT2D eigenvalue weighted by atomic mass is 9.87. The van der Waals surface area contributed by atoms with Gasteiger partial charge in [0.15, 0.2) is 11.5 Å². The highest BCUT2D eigenvalue weighted by atomic mass is 16.6. The molecule has 0 amide bonds. The van der Waals surface area contributed by atoms with E-state index in [2.05, 4.69) is 19.1 Å². The summed E-state index contributed by atoms with van der Waals surface area (Å²) in [6, 6.07) is 12.1. The molecule has 6 nitrogen and oxygen atoms in total. The molecule has 0 aromatic heterocycles. The van der Waals surface area contributed by atoms with Gasteiger partial charge in [-0.05, 0) is 60.1 Å². The number of aliphatic hydroxyl groups excluding tert-OH is 3. The number of fused-ring (bicyclic) bond motifs is 1. The first kappa shape index (κ1) is 19.8. The van der Waals surface area contributed by atoms with E-state index in [0.717, 1.165) is 34.6 Å². The van der Waals surface area contributed by atoms with Gasteiger partial charge in [-0.15, -0.1) is 0 Å². The molecule has 5 rings (SSSR count). The molecule has 3 N–H and O–H groups in total. The van der Waals surface area contributed by atoms with Crippen LogP contribution in [0.4, 0.5) is 0 Å². The fraction of sp³-hybridized carbons (Fsp3) is 0.500. The van der Waals surface area contributed by atoms with Crippen LogP contribution >= 0.6 is 0 Å². The minimum absolute atomic E-state index is 0.555. The van der Waals surface area contributed by atoms with Crippen LogP contribution < -0.4 is 9.47 Å². The van der Waals surface area contributed by atoms with E-state index in [-0.39, 0.29) is 0 Å². The SMILES string of the molecule is CCc1ccc([C@@H]2OC3(CC3)[C@@H](O)[C@H](O)[C@H]2O)cc1Cc1ccc2c(c1)OCCO2. The van der Waals surface area contributed by atoms with Gasteiger partial charge in [0, 0.05) is 0 Å². The molecule has 2 aromatic carbocycles. The normalized spacial score (nSPS) is 29.1. The number of benzene rings is 2. The van der Waals surface area contributed by atoms with Crippen LogP contribution in [0, 0.1) is 0 Å². The van der Waals surface area contributed by atoms with Crippen LogP contribution in [0.1, 0.15) is 48.1 Å². The molecule has 30 heavy (non-hydrogen) atoms. The van der Waals surface area contributed by atoms with Crippen molar-refractivity contribution in [2.45, 2.75) is 62.6 Å². The average Bonchev–Trinajstić information content (AvgIpc) is 3.55. The van der Waals surface area contributed by atoms with Crippen LogP contribution in [0.25, 0.3) is 0 Å². The number of aryl methyl sites for hydroxylation is 1. The molecule has 1 saturated heterocycles. The zero-order chi connectivity index (χ0) is 20.9. The Labute approximate surface area is 176 Å². The lowest BCUT2D eigenvalue weighted by Crippen LogP contribution is -2.55. The van der Waals surface area contributed by atoms with E-state index in [9.17, 15) is 15.3 Å². The number of hydrogen-bond acceptors (Lipinski definition) is 6. The van der Waals surface area contributed by atoms with E-state index < -0.39 is 30.0 Å². The van der Waals surface area contributed by atoms with Crippen molar-refractivity contribution in [3.8, 4) is 11.5 Å². The summed E-state index contributed by atoms with van der Waals surface area (Å²) >= 11 is 0. The molecule has 2 aromatic rings. The summed E-state index contributed by atoms with van der Waals surface area (Å²) < 4.78 is 17.5. The summed E-state index contributed by atoms with van der Waals surface area (Å²) in [6.07, 6.45) is -1.07. The summed E-state index contributed by atoms with van der Waals surface area (Å²) in [5.41, 5.74) is 3.59. The largest absolute Gasteiger partial charge is 0.486 e. The Bertz CT molecular complexity index is 937. The molecule has 1 spiro atoms. The molecule has 2 heterocycles.